The molecule has 202 valence electrons. The van der Waals surface area contributed by atoms with Crippen LogP contribution in [0.3, 0.4) is 0 Å². The summed E-state index contributed by atoms with van der Waals surface area (Å²) in [6, 6.07) is 3.29. The van der Waals surface area contributed by atoms with E-state index in [1.807, 2.05) is 18.7 Å². The van der Waals surface area contributed by atoms with Crippen molar-refractivity contribution < 1.29 is 23.0 Å². The third kappa shape index (κ3) is 6.85. The van der Waals surface area contributed by atoms with Gasteiger partial charge in [-0.3, -0.25) is 0 Å². The van der Waals surface area contributed by atoms with Crippen molar-refractivity contribution in [2.45, 2.75) is 58.1 Å². The maximum Gasteiger partial charge on any atom is 0.410 e. The summed E-state index contributed by atoms with van der Waals surface area (Å²) in [7, 11) is 0. The van der Waals surface area contributed by atoms with E-state index in [1.165, 1.54) is 12.1 Å². The van der Waals surface area contributed by atoms with Crippen molar-refractivity contribution in [2.75, 3.05) is 37.7 Å². The van der Waals surface area contributed by atoms with Crippen molar-refractivity contribution in [1.29, 1.82) is 0 Å². The second-order valence-electron chi connectivity index (χ2n) is 10.4. The van der Waals surface area contributed by atoms with E-state index < -0.39 is 11.6 Å². The molecular weight excluding hydrogens is 480 g/mol. The Morgan fingerprint density at radius 3 is 2.49 bits per heavy atom. The Labute approximate surface area is 217 Å². The quantitative estimate of drug-likeness (QED) is 0.556. The van der Waals surface area contributed by atoms with Gasteiger partial charge in [0.05, 0.1) is 25.1 Å². The molecule has 2 aliphatic rings. The van der Waals surface area contributed by atoms with Crippen LogP contribution >= 0.6 is 0 Å². The molecule has 0 radical (unpaired) electrons. The number of likely N-dealkylation sites (tertiary alicyclic amines) is 1. The first-order valence-electron chi connectivity index (χ1n) is 13.1. The largest absolute Gasteiger partial charge is 0.490 e. The van der Waals surface area contributed by atoms with Crippen molar-refractivity contribution in [3.63, 3.8) is 0 Å². The summed E-state index contributed by atoms with van der Waals surface area (Å²) >= 11 is 0. The van der Waals surface area contributed by atoms with E-state index >= 15 is 0 Å². The van der Waals surface area contributed by atoms with Crippen LogP contribution in [0, 0.1) is 23.5 Å². The van der Waals surface area contributed by atoms with Crippen LogP contribution in [0.2, 0.25) is 0 Å². The first-order chi connectivity index (χ1) is 17.7. The number of hydrogen-bond acceptors (Lipinski definition) is 7. The molecule has 1 aromatic carbocycles. The van der Waals surface area contributed by atoms with E-state index in [4.69, 9.17) is 15.2 Å². The Morgan fingerprint density at radius 2 is 1.84 bits per heavy atom. The van der Waals surface area contributed by atoms with E-state index in [-0.39, 0.29) is 24.2 Å². The normalized spacial score (nSPS) is 21.4. The molecule has 0 aliphatic carbocycles. The average Bonchev–Trinajstić information content (AvgIpc) is 3.25. The summed E-state index contributed by atoms with van der Waals surface area (Å²) in [6.45, 7) is 8.90. The van der Waals surface area contributed by atoms with Crippen LogP contribution in [0.4, 0.5) is 19.5 Å². The fraction of sp³-hybridized carbons (Fsp3) is 0.593. The highest BCUT2D eigenvalue weighted by molar-refractivity contribution is 5.67. The number of rotatable bonds is 8. The summed E-state index contributed by atoms with van der Waals surface area (Å²) in [5.74, 6) is 0.652. The van der Waals surface area contributed by atoms with Crippen LogP contribution in [-0.2, 0) is 4.74 Å². The highest BCUT2D eigenvalue weighted by atomic mass is 19.1. The van der Waals surface area contributed by atoms with Crippen molar-refractivity contribution in [2.24, 2.45) is 17.6 Å². The van der Waals surface area contributed by atoms with Crippen molar-refractivity contribution in [3.05, 3.63) is 47.8 Å². The molecule has 3 atom stereocenters. The molecule has 1 amide bonds. The predicted octanol–water partition coefficient (Wildman–Crippen LogP) is 4.35. The number of carbonyl (C=O) groups excluding carboxylic acids is 1. The Balaban J connectivity index is 1.21. The maximum atomic E-state index is 14.3. The van der Waals surface area contributed by atoms with E-state index in [2.05, 4.69) is 16.9 Å². The number of benzene rings is 1. The molecular formula is C27H37F2N5O3. The van der Waals surface area contributed by atoms with Gasteiger partial charge in [-0.05, 0) is 56.6 Å². The molecule has 0 bridgehead atoms. The van der Waals surface area contributed by atoms with Crippen LogP contribution in [0.15, 0.2) is 30.6 Å². The minimum absolute atomic E-state index is 0.102. The Bertz CT molecular complexity index is 1050. The third-order valence-electron chi connectivity index (χ3n) is 7.41. The number of ether oxygens (including phenoxy) is 2. The zero-order valence-electron chi connectivity index (χ0n) is 21.8. The lowest BCUT2D eigenvalue weighted by Crippen LogP contribution is -2.41. The van der Waals surface area contributed by atoms with Gasteiger partial charge in [-0.25, -0.2) is 23.5 Å². The van der Waals surface area contributed by atoms with E-state index in [1.54, 1.807) is 17.3 Å². The Hall–Kier alpha value is -3.01. The van der Waals surface area contributed by atoms with Gasteiger partial charge in [0.1, 0.15) is 11.6 Å². The number of anilines is 1. The number of aromatic nitrogens is 2. The number of hydrogen-bond donors (Lipinski definition) is 1. The summed E-state index contributed by atoms with van der Waals surface area (Å²) in [5, 5.41) is 0. The number of nitrogens with zero attached hydrogens (tertiary/aromatic N) is 4. The van der Waals surface area contributed by atoms with Gasteiger partial charge in [0.2, 0.25) is 5.95 Å². The third-order valence-corrected chi connectivity index (χ3v) is 7.41. The molecule has 0 saturated carbocycles. The highest BCUT2D eigenvalue weighted by Crippen LogP contribution is 2.31. The fourth-order valence-corrected chi connectivity index (χ4v) is 5.20. The first kappa shape index (κ1) is 27.0. The topological polar surface area (TPSA) is 93.8 Å². The molecule has 4 rings (SSSR count). The molecule has 10 heteroatoms. The monoisotopic (exact) mass is 517 g/mol. The minimum atomic E-state index is -0.605. The van der Waals surface area contributed by atoms with Gasteiger partial charge in [-0.1, -0.05) is 13.0 Å². The van der Waals surface area contributed by atoms with Crippen LogP contribution in [0.5, 0.6) is 5.75 Å². The van der Waals surface area contributed by atoms with E-state index in [0.29, 0.717) is 48.8 Å². The van der Waals surface area contributed by atoms with Crippen LogP contribution in [-0.4, -0.2) is 65.9 Å². The lowest BCUT2D eigenvalue weighted by atomic mass is 9.84. The number of carbonyl (C=O) groups is 1. The predicted molar refractivity (Wildman–Crippen MR) is 137 cm³/mol. The second-order valence-corrected chi connectivity index (χ2v) is 10.4. The molecule has 8 nitrogen and oxygen atoms in total. The molecule has 1 aromatic heterocycles. The number of piperidine rings is 1. The second kappa shape index (κ2) is 12.0. The van der Waals surface area contributed by atoms with Crippen molar-refractivity contribution in [3.8, 4) is 5.75 Å². The zero-order valence-corrected chi connectivity index (χ0v) is 21.8. The number of nitrogens with two attached hydrogens (primary N) is 1. The molecule has 2 aromatic rings. The molecule has 0 spiro atoms. The summed E-state index contributed by atoms with van der Waals surface area (Å²) < 4.78 is 38.7. The van der Waals surface area contributed by atoms with Gasteiger partial charge in [0.25, 0.3) is 0 Å². The van der Waals surface area contributed by atoms with Gasteiger partial charge in [0.15, 0.2) is 5.75 Å². The van der Waals surface area contributed by atoms with Crippen LogP contribution in [0.1, 0.15) is 51.5 Å². The maximum absolute atomic E-state index is 14.3. The first-order valence-corrected chi connectivity index (χ1v) is 13.1. The molecule has 2 saturated heterocycles. The smallest absolute Gasteiger partial charge is 0.410 e. The van der Waals surface area contributed by atoms with Gasteiger partial charge in [-0.15, -0.1) is 0 Å². The van der Waals surface area contributed by atoms with E-state index in [0.717, 1.165) is 38.4 Å². The molecule has 3 heterocycles. The zero-order chi connectivity index (χ0) is 26.5. The average molecular weight is 518 g/mol. The number of amides is 1. The van der Waals surface area contributed by atoms with Crippen molar-refractivity contribution in [1.82, 2.24) is 14.9 Å². The Kier molecular flexibility index (Phi) is 8.79. The fourth-order valence-electron chi connectivity index (χ4n) is 5.20. The standard InChI is InChI=1S/C27H37F2N5O3/c1-17(2)37-27(35)33-9-6-19(7-10-33)18(3)8-11-36-21-13-31-26(32-14-21)34-15-23(25(30)16-34)22-5-4-20(28)12-24(22)29/h4-5,12-14,17-19,23,25H,6-11,15-16,30H2,1-3H3/t18-,23+,25-/m1/s1. The summed E-state index contributed by atoms with van der Waals surface area (Å²) in [5.41, 5.74) is 6.67. The lowest BCUT2D eigenvalue weighted by molar-refractivity contribution is 0.0597. The van der Waals surface area contributed by atoms with Gasteiger partial charge >= 0.3 is 6.09 Å². The van der Waals surface area contributed by atoms with Gasteiger partial charge in [-0.2, -0.15) is 0 Å². The number of halogens is 2. The SMILES string of the molecule is CC(C)OC(=O)N1CCC([C@H](C)CCOc2cnc(N3C[C@@H](N)[C@H](c4ccc(F)cc4F)C3)nc2)CC1. The van der Waals surface area contributed by atoms with Gasteiger partial charge in [0, 0.05) is 44.2 Å². The highest BCUT2D eigenvalue weighted by Gasteiger charge is 2.34. The van der Waals surface area contributed by atoms with Crippen molar-refractivity contribution >= 4 is 12.0 Å². The summed E-state index contributed by atoms with van der Waals surface area (Å²) in [6.07, 6.45) is 5.79. The molecule has 2 N–H and O–H groups in total. The van der Waals surface area contributed by atoms with Crippen LogP contribution < -0.4 is 15.4 Å². The molecule has 37 heavy (non-hydrogen) atoms. The van der Waals surface area contributed by atoms with E-state index in [9.17, 15) is 13.6 Å². The lowest BCUT2D eigenvalue weighted by Gasteiger charge is -2.34. The summed E-state index contributed by atoms with van der Waals surface area (Å²) in [4.78, 5) is 24.6. The van der Waals surface area contributed by atoms with Crippen LogP contribution in [0.25, 0.3) is 0 Å². The Morgan fingerprint density at radius 1 is 1.14 bits per heavy atom. The molecule has 2 aliphatic heterocycles. The van der Waals surface area contributed by atoms with Gasteiger partial charge < -0.3 is 25.0 Å². The molecule has 2 fully saturated rings. The molecule has 0 unspecified atom stereocenters. The minimum Gasteiger partial charge on any atom is -0.490 e.